The standard InChI is InChI=1S/C16H23NO4/c1-17(10-13-5-3-6-14(9-13)20-2)11-16(15(18)19)7-4-8-21-12-16/h3,5-6,9H,4,7-8,10-12H2,1-2H3,(H,18,19). The Balaban J connectivity index is 2.01. The lowest BCUT2D eigenvalue weighted by atomic mass is 9.82. The molecule has 0 amide bonds. The summed E-state index contributed by atoms with van der Waals surface area (Å²) in [5.74, 6) is 0.0505. The Morgan fingerprint density at radius 1 is 1.52 bits per heavy atom. The van der Waals surface area contributed by atoms with Gasteiger partial charge in [-0.25, -0.2) is 0 Å². The van der Waals surface area contributed by atoms with Gasteiger partial charge in [0, 0.05) is 19.7 Å². The number of rotatable bonds is 6. The first kappa shape index (κ1) is 15.8. The van der Waals surface area contributed by atoms with Crippen molar-refractivity contribution in [2.45, 2.75) is 19.4 Å². The third-order valence-corrected chi connectivity index (χ3v) is 3.94. The van der Waals surface area contributed by atoms with Crippen LogP contribution < -0.4 is 4.74 Å². The first-order valence-electron chi connectivity index (χ1n) is 7.18. The van der Waals surface area contributed by atoms with Gasteiger partial charge in [0.1, 0.15) is 11.2 Å². The van der Waals surface area contributed by atoms with Gasteiger partial charge in [0.15, 0.2) is 0 Å². The van der Waals surface area contributed by atoms with Crippen molar-refractivity contribution in [2.75, 3.05) is 33.9 Å². The molecule has 1 saturated heterocycles. The normalized spacial score (nSPS) is 22.2. The molecular weight excluding hydrogens is 270 g/mol. The number of methoxy groups -OCH3 is 1. The Bertz CT molecular complexity index is 483. The fourth-order valence-electron chi connectivity index (χ4n) is 2.87. The van der Waals surface area contributed by atoms with E-state index in [1.807, 2.05) is 36.2 Å². The van der Waals surface area contributed by atoms with E-state index in [2.05, 4.69) is 0 Å². The van der Waals surface area contributed by atoms with Crippen LogP contribution in [0.1, 0.15) is 18.4 Å². The molecule has 2 rings (SSSR count). The maximum Gasteiger partial charge on any atom is 0.313 e. The van der Waals surface area contributed by atoms with Crippen molar-refractivity contribution in [3.63, 3.8) is 0 Å². The Morgan fingerprint density at radius 3 is 2.95 bits per heavy atom. The Labute approximate surface area is 125 Å². The molecule has 0 spiro atoms. The highest BCUT2D eigenvalue weighted by Crippen LogP contribution is 2.30. The molecule has 1 aliphatic heterocycles. The van der Waals surface area contributed by atoms with Crippen LogP contribution in [0.15, 0.2) is 24.3 Å². The molecule has 1 aromatic carbocycles. The van der Waals surface area contributed by atoms with Gasteiger partial charge in [-0.1, -0.05) is 12.1 Å². The predicted molar refractivity (Wildman–Crippen MR) is 79.4 cm³/mol. The zero-order chi connectivity index (χ0) is 15.3. The molecule has 0 bridgehead atoms. The van der Waals surface area contributed by atoms with E-state index in [1.54, 1.807) is 7.11 Å². The lowest BCUT2D eigenvalue weighted by Gasteiger charge is -2.36. The van der Waals surface area contributed by atoms with Crippen molar-refractivity contribution in [3.05, 3.63) is 29.8 Å². The van der Waals surface area contributed by atoms with Gasteiger partial charge in [0.25, 0.3) is 0 Å². The number of carboxylic acids is 1. The molecule has 1 atom stereocenters. The molecule has 1 unspecified atom stereocenters. The molecule has 5 nitrogen and oxygen atoms in total. The Kier molecular flexibility index (Phi) is 5.20. The molecule has 0 radical (unpaired) electrons. The summed E-state index contributed by atoms with van der Waals surface area (Å²) >= 11 is 0. The van der Waals surface area contributed by atoms with Crippen LogP contribution in [0.2, 0.25) is 0 Å². The van der Waals surface area contributed by atoms with Gasteiger partial charge in [0.05, 0.1) is 13.7 Å². The number of carbonyl (C=O) groups is 1. The van der Waals surface area contributed by atoms with E-state index >= 15 is 0 Å². The first-order chi connectivity index (χ1) is 10.1. The van der Waals surface area contributed by atoms with Crippen molar-refractivity contribution in [3.8, 4) is 5.75 Å². The van der Waals surface area contributed by atoms with Crippen molar-refractivity contribution >= 4 is 5.97 Å². The monoisotopic (exact) mass is 293 g/mol. The highest BCUT2D eigenvalue weighted by Gasteiger charge is 2.41. The van der Waals surface area contributed by atoms with E-state index in [4.69, 9.17) is 9.47 Å². The minimum Gasteiger partial charge on any atom is -0.497 e. The number of hydrogen-bond acceptors (Lipinski definition) is 4. The van der Waals surface area contributed by atoms with Crippen LogP contribution in [0.25, 0.3) is 0 Å². The smallest absolute Gasteiger partial charge is 0.313 e. The predicted octanol–water partition coefficient (Wildman–Crippen LogP) is 2.01. The number of aliphatic carboxylic acids is 1. The minimum absolute atomic E-state index is 0.296. The number of nitrogens with zero attached hydrogens (tertiary/aromatic N) is 1. The van der Waals surface area contributed by atoms with E-state index in [1.165, 1.54) is 0 Å². The van der Waals surface area contributed by atoms with Crippen molar-refractivity contribution in [2.24, 2.45) is 5.41 Å². The van der Waals surface area contributed by atoms with Crippen LogP contribution in [-0.4, -0.2) is 49.9 Å². The molecule has 1 heterocycles. The SMILES string of the molecule is COc1cccc(CN(C)CC2(C(=O)O)CCCOC2)c1. The Hall–Kier alpha value is -1.59. The maximum absolute atomic E-state index is 11.6. The summed E-state index contributed by atoms with van der Waals surface area (Å²) in [4.78, 5) is 13.7. The molecule has 0 aromatic heterocycles. The lowest BCUT2D eigenvalue weighted by Crippen LogP contribution is -2.47. The third kappa shape index (κ3) is 3.95. The third-order valence-electron chi connectivity index (χ3n) is 3.94. The molecule has 5 heteroatoms. The molecule has 21 heavy (non-hydrogen) atoms. The second-order valence-electron chi connectivity index (χ2n) is 5.77. The first-order valence-corrected chi connectivity index (χ1v) is 7.18. The van der Waals surface area contributed by atoms with E-state index in [0.29, 0.717) is 32.7 Å². The number of benzene rings is 1. The lowest BCUT2D eigenvalue weighted by molar-refractivity contribution is -0.159. The van der Waals surface area contributed by atoms with E-state index in [0.717, 1.165) is 17.7 Å². The van der Waals surface area contributed by atoms with E-state index in [9.17, 15) is 9.90 Å². The fraction of sp³-hybridized carbons (Fsp3) is 0.562. The van der Waals surface area contributed by atoms with Gasteiger partial charge in [-0.05, 0) is 37.6 Å². The van der Waals surface area contributed by atoms with Gasteiger partial charge in [-0.3, -0.25) is 4.79 Å². The van der Waals surface area contributed by atoms with E-state index in [-0.39, 0.29) is 0 Å². The summed E-state index contributed by atoms with van der Waals surface area (Å²) in [6.07, 6.45) is 1.48. The zero-order valence-corrected chi connectivity index (χ0v) is 12.7. The molecule has 0 saturated carbocycles. The van der Waals surface area contributed by atoms with Crippen LogP contribution in [0.3, 0.4) is 0 Å². The molecule has 0 aliphatic carbocycles. The summed E-state index contributed by atoms with van der Waals surface area (Å²) < 4.78 is 10.6. The number of carboxylic acid groups (broad SMARTS) is 1. The van der Waals surface area contributed by atoms with Gasteiger partial charge < -0.3 is 19.5 Å². The van der Waals surface area contributed by atoms with Crippen LogP contribution in [0, 0.1) is 5.41 Å². The average molecular weight is 293 g/mol. The molecule has 1 N–H and O–H groups in total. The van der Waals surface area contributed by atoms with Crippen LogP contribution >= 0.6 is 0 Å². The summed E-state index contributed by atoms with van der Waals surface area (Å²) in [6, 6.07) is 7.83. The van der Waals surface area contributed by atoms with Gasteiger partial charge in [0.2, 0.25) is 0 Å². The second kappa shape index (κ2) is 6.91. The van der Waals surface area contributed by atoms with Crippen LogP contribution in [-0.2, 0) is 16.1 Å². The minimum atomic E-state index is -0.786. The van der Waals surface area contributed by atoms with Crippen molar-refractivity contribution in [1.29, 1.82) is 0 Å². The van der Waals surface area contributed by atoms with E-state index < -0.39 is 11.4 Å². The van der Waals surface area contributed by atoms with Crippen molar-refractivity contribution < 1.29 is 19.4 Å². The molecule has 1 fully saturated rings. The molecule has 116 valence electrons. The molecule has 1 aliphatic rings. The van der Waals surface area contributed by atoms with Crippen LogP contribution in [0.4, 0.5) is 0 Å². The largest absolute Gasteiger partial charge is 0.497 e. The second-order valence-corrected chi connectivity index (χ2v) is 5.77. The topological polar surface area (TPSA) is 59.0 Å². The zero-order valence-electron chi connectivity index (χ0n) is 12.7. The Morgan fingerprint density at radius 2 is 2.33 bits per heavy atom. The summed E-state index contributed by atoms with van der Waals surface area (Å²) in [6.45, 7) is 2.13. The molecule has 1 aromatic rings. The number of hydrogen-bond donors (Lipinski definition) is 1. The summed E-state index contributed by atoms with van der Waals surface area (Å²) in [5, 5.41) is 9.56. The number of ether oxygens (including phenoxy) is 2. The fourth-order valence-corrected chi connectivity index (χ4v) is 2.87. The van der Waals surface area contributed by atoms with Crippen LogP contribution in [0.5, 0.6) is 5.75 Å². The summed E-state index contributed by atoms with van der Waals surface area (Å²) in [7, 11) is 3.58. The average Bonchev–Trinajstić information content (AvgIpc) is 2.48. The van der Waals surface area contributed by atoms with Gasteiger partial charge in [-0.2, -0.15) is 0 Å². The quantitative estimate of drug-likeness (QED) is 0.869. The van der Waals surface area contributed by atoms with Crippen molar-refractivity contribution in [1.82, 2.24) is 4.90 Å². The van der Waals surface area contributed by atoms with Gasteiger partial charge >= 0.3 is 5.97 Å². The molecular formula is C16H23NO4. The van der Waals surface area contributed by atoms with Gasteiger partial charge in [-0.15, -0.1) is 0 Å². The summed E-state index contributed by atoms with van der Waals surface area (Å²) in [5.41, 5.74) is 0.320. The highest BCUT2D eigenvalue weighted by molar-refractivity contribution is 5.75. The maximum atomic E-state index is 11.6. The highest BCUT2D eigenvalue weighted by atomic mass is 16.5.